The summed E-state index contributed by atoms with van der Waals surface area (Å²) in [5.41, 5.74) is 3.36. The number of nitrogens with zero attached hydrogens (tertiary/aromatic N) is 2. The van der Waals surface area contributed by atoms with Crippen molar-refractivity contribution in [1.29, 1.82) is 0 Å². The first-order chi connectivity index (χ1) is 10.4. The molecule has 0 fully saturated rings. The Morgan fingerprint density at radius 3 is 2.67 bits per heavy atom. The quantitative estimate of drug-likeness (QED) is 0.678. The molecule has 2 heterocycles. The molecule has 0 bridgehead atoms. The summed E-state index contributed by atoms with van der Waals surface area (Å²) in [6, 6.07) is 20.8. The highest BCUT2D eigenvalue weighted by Gasteiger charge is 2.17. The average molecular weight is 276 g/mol. The normalized spacial score (nSPS) is 14.4. The number of hydrogen-bond donors (Lipinski definition) is 0. The van der Waals surface area contributed by atoms with Crippen LogP contribution in [-0.2, 0) is 6.54 Å². The highest BCUT2D eigenvalue weighted by atomic mass is 16.5. The third kappa shape index (κ3) is 2.31. The van der Waals surface area contributed by atoms with Crippen LogP contribution in [0.15, 0.2) is 60.7 Å². The summed E-state index contributed by atoms with van der Waals surface area (Å²) < 4.78 is 5.86. The SMILES string of the molecule is c1ccc(N2CCOc3nc4ccccc4cc3C2)cc1. The maximum Gasteiger partial charge on any atom is 0.219 e. The van der Waals surface area contributed by atoms with E-state index >= 15 is 0 Å². The van der Waals surface area contributed by atoms with Gasteiger partial charge < -0.3 is 9.64 Å². The van der Waals surface area contributed by atoms with Crippen LogP contribution in [0.1, 0.15) is 5.56 Å². The maximum absolute atomic E-state index is 5.86. The first-order valence-electron chi connectivity index (χ1n) is 7.22. The number of pyridine rings is 1. The molecule has 1 aliphatic heterocycles. The van der Waals surface area contributed by atoms with Crippen LogP contribution in [0.2, 0.25) is 0 Å². The second-order valence-corrected chi connectivity index (χ2v) is 5.25. The average Bonchev–Trinajstić information content (AvgIpc) is 2.75. The minimum absolute atomic E-state index is 0.660. The number of hydrogen-bond acceptors (Lipinski definition) is 3. The van der Waals surface area contributed by atoms with E-state index in [-0.39, 0.29) is 0 Å². The molecular formula is C18H16N2O. The van der Waals surface area contributed by atoms with Crippen molar-refractivity contribution in [3.63, 3.8) is 0 Å². The van der Waals surface area contributed by atoms with Gasteiger partial charge in [0.1, 0.15) is 6.61 Å². The molecule has 1 aliphatic rings. The van der Waals surface area contributed by atoms with Gasteiger partial charge in [0.15, 0.2) is 0 Å². The zero-order chi connectivity index (χ0) is 14.1. The fourth-order valence-corrected chi connectivity index (χ4v) is 2.78. The smallest absolute Gasteiger partial charge is 0.219 e. The van der Waals surface area contributed by atoms with Crippen molar-refractivity contribution in [3.8, 4) is 5.88 Å². The van der Waals surface area contributed by atoms with E-state index in [1.807, 2.05) is 24.3 Å². The molecule has 2 aromatic carbocycles. The van der Waals surface area contributed by atoms with Gasteiger partial charge in [0.2, 0.25) is 5.88 Å². The van der Waals surface area contributed by atoms with E-state index in [4.69, 9.17) is 4.74 Å². The van der Waals surface area contributed by atoms with Crippen LogP contribution in [0.5, 0.6) is 5.88 Å². The number of anilines is 1. The first-order valence-corrected chi connectivity index (χ1v) is 7.22. The molecule has 3 aromatic rings. The Morgan fingerprint density at radius 1 is 0.952 bits per heavy atom. The molecule has 3 heteroatoms. The van der Waals surface area contributed by atoms with E-state index in [0.29, 0.717) is 6.61 Å². The number of aromatic nitrogens is 1. The van der Waals surface area contributed by atoms with Gasteiger partial charge in [-0.2, -0.15) is 0 Å². The van der Waals surface area contributed by atoms with E-state index in [9.17, 15) is 0 Å². The van der Waals surface area contributed by atoms with Gasteiger partial charge in [-0.25, -0.2) is 4.98 Å². The molecule has 0 N–H and O–H groups in total. The van der Waals surface area contributed by atoms with Gasteiger partial charge in [0.25, 0.3) is 0 Å². The second kappa shape index (κ2) is 5.09. The van der Waals surface area contributed by atoms with Gasteiger partial charge >= 0.3 is 0 Å². The molecule has 104 valence electrons. The summed E-state index contributed by atoms with van der Waals surface area (Å²) in [7, 11) is 0. The zero-order valence-corrected chi connectivity index (χ0v) is 11.7. The van der Waals surface area contributed by atoms with E-state index in [1.165, 1.54) is 5.69 Å². The summed E-state index contributed by atoms with van der Waals surface area (Å²) in [6.07, 6.45) is 0. The third-order valence-electron chi connectivity index (χ3n) is 3.85. The standard InChI is InChI=1S/C18H16N2O/c1-2-7-16(8-3-1)20-10-11-21-18-15(13-20)12-14-6-4-5-9-17(14)19-18/h1-9,12H,10-11,13H2. The molecule has 0 saturated carbocycles. The van der Waals surface area contributed by atoms with Crippen molar-refractivity contribution in [2.24, 2.45) is 0 Å². The maximum atomic E-state index is 5.86. The van der Waals surface area contributed by atoms with Gasteiger partial charge in [0, 0.05) is 23.2 Å². The Bertz CT molecular complexity index is 771. The number of fused-ring (bicyclic) bond motifs is 2. The molecule has 4 rings (SSSR count). The van der Waals surface area contributed by atoms with Crippen LogP contribution < -0.4 is 9.64 Å². The van der Waals surface area contributed by atoms with Crippen molar-refractivity contribution >= 4 is 16.6 Å². The Morgan fingerprint density at radius 2 is 1.76 bits per heavy atom. The molecule has 0 atom stereocenters. The van der Waals surface area contributed by atoms with Crippen LogP contribution in [0.3, 0.4) is 0 Å². The Kier molecular flexibility index (Phi) is 2.96. The second-order valence-electron chi connectivity index (χ2n) is 5.25. The number of benzene rings is 2. The van der Waals surface area contributed by atoms with Crippen LogP contribution in [0.25, 0.3) is 10.9 Å². The highest BCUT2D eigenvalue weighted by molar-refractivity contribution is 5.80. The summed E-state index contributed by atoms with van der Waals surface area (Å²) in [6.45, 7) is 2.36. The first kappa shape index (κ1) is 12.2. The topological polar surface area (TPSA) is 25.4 Å². The van der Waals surface area contributed by atoms with Gasteiger partial charge in [-0.1, -0.05) is 36.4 Å². The van der Waals surface area contributed by atoms with Crippen LogP contribution in [0, 0.1) is 0 Å². The summed E-state index contributed by atoms with van der Waals surface area (Å²) in [4.78, 5) is 6.99. The lowest BCUT2D eigenvalue weighted by Crippen LogP contribution is -2.25. The van der Waals surface area contributed by atoms with Crippen LogP contribution in [-0.4, -0.2) is 18.1 Å². The summed E-state index contributed by atoms with van der Waals surface area (Å²) >= 11 is 0. The van der Waals surface area contributed by atoms with Gasteiger partial charge in [-0.15, -0.1) is 0 Å². The van der Waals surface area contributed by atoms with Crippen molar-refractivity contribution in [2.45, 2.75) is 6.54 Å². The lowest BCUT2D eigenvalue weighted by Gasteiger charge is -2.21. The zero-order valence-electron chi connectivity index (χ0n) is 11.7. The van der Waals surface area contributed by atoms with Crippen molar-refractivity contribution in [1.82, 2.24) is 4.98 Å². The molecular weight excluding hydrogens is 260 g/mol. The molecule has 0 aliphatic carbocycles. The van der Waals surface area contributed by atoms with Crippen LogP contribution in [0.4, 0.5) is 5.69 Å². The largest absolute Gasteiger partial charge is 0.476 e. The van der Waals surface area contributed by atoms with E-state index in [2.05, 4.69) is 46.3 Å². The minimum atomic E-state index is 0.660. The van der Waals surface area contributed by atoms with Gasteiger partial charge in [0.05, 0.1) is 12.1 Å². The van der Waals surface area contributed by atoms with Gasteiger partial charge in [-0.05, 0) is 24.3 Å². The molecule has 1 aromatic heterocycles. The van der Waals surface area contributed by atoms with Crippen molar-refractivity contribution < 1.29 is 4.74 Å². The van der Waals surface area contributed by atoms with Crippen LogP contribution >= 0.6 is 0 Å². The molecule has 21 heavy (non-hydrogen) atoms. The molecule has 0 spiro atoms. The molecule has 0 radical (unpaired) electrons. The Balaban J connectivity index is 1.76. The summed E-state index contributed by atoms with van der Waals surface area (Å²) in [5, 5.41) is 1.16. The third-order valence-corrected chi connectivity index (χ3v) is 3.85. The summed E-state index contributed by atoms with van der Waals surface area (Å²) in [5.74, 6) is 0.770. The Hall–Kier alpha value is -2.55. The number of ether oxygens (including phenoxy) is 1. The van der Waals surface area contributed by atoms with E-state index in [0.717, 1.165) is 35.4 Å². The predicted octanol–water partition coefficient (Wildman–Crippen LogP) is 3.63. The minimum Gasteiger partial charge on any atom is -0.476 e. The molecule has 0 saturated heterocycles. The predicted molar refractivity (Wildman–Crippen MR) is 84.7 cm³/mol. The number of rotatable bonds is 1. The van der Waals surface area contributed by atoms with Crippen molar-refractivity contribution in [3.05, 3.63) is 66.2 Å². The monoisotopic (exact) mass is 276 g/mol. The Labute approximate surface area is 123 Å². The molecule has 3 nitrogen and oxygen atoms in total. The lowest BCUT2D eigenvalue weighted by molar-refractivity contribution is 0.320. The van der Waals surface area contributed by atoms with Gasteiger partial charge in [-0.3, -0.25) is 0 Å². The number of para-hydroxylation sites is 2. The fourth-order valence-electron chi connectivity index (χ4n) is 2.78. The highest BCUT2D eigenvalue weighted by Crippen LogP contribution is 2.27. The van der Waals surface area contributed by atoms with Crippen molar-refractivity contribution in [2.75, 3.05) is 18.1 Å². The molecule has 0 unspecified atom stereocenters. The molecule has 0 amide bonds. The van der Waals surface area contributed by atoms with E-state index < -0.39 is 0 Å². The van der Waals surface area contributed by atoms with E-state index in [1.54, 1.807) is 0 Å². The lowest BCUT2D eigenvalue weighted by atomic mass is 10.1. The fraction of sp³-hybridized carbons (Fsp3) is 0.167.